The highest BCUT2D eigenvalue weighted by atomic mass is 35.5. The number of aldehydes is 1. The smallest absolute Gasteiger partial charge is 0.273 e. The van der Waals surface area contributed by atoms with Gasteiger partial charge in [-0.1, -0.05) is 0 Å². The molecule has 0 unspecified atom stereocenters. The van der Waals surface area contributed by atoms with E-state index >= 15 is 0 Å². The first-order valence-corrected chi connectivity index (χ1v) is 4.29. The lowest BCUT2D eigenvalue weighted by molar-refractivity contribution is -0.385. The Labute approximate surface area is 89.8 Å². The minimum Gasteiger partial charge on any atom is -0.298 e. The molecule has 1 rings (SSSR count). The van der Waals surface area contributed by atoms with Gasteiger partial charge in [0.05, 0.1) is 4.92 Å². The molecule has 0 saturated carbocycles. The minimum absolute atomic E-state index is 0.0204. The van der Waals surface area contributed by atoms with Gasteiger partial charge >= 0.3 is 0 Å². The molecule has 15 heavy (non-hydrogen) atoms. The van der Waals surface area contributed by atoms with Gasteiger partial charge in [0.1, 0.15) is 6.29 Å². The zero-order chi connectivity index (χ0) is 11.6. The molecule has 0 atom stereocenters. The van der Waals surface area contributed by atoms with Crippen molar-refractivity contribution in [3.8, 4) is 0 Å². The third-order valence-electron chi connectivity index (χ3n) is 1.95. The maximum absolute atomic E-state index is 10.9. The van der Waals surface area contributed by atoms with Gasteiger partial charge in [0.15, 0.2) is 0 Å². The quantitative estimate of drug-likeness (QED) is 0.343. The fraction of sp³-hybridized carbons (Fsp3) is 0.111. The summed E-state index contributed by atoms with van der Waals surface area (Å²) in [5.74, 6) is 0. The van der Waals surface area contributed by atoms with Crippen molar-refractivity contribution in [1.82, 2.24) is 0 Å². The summed E-state index contributed by atoms with van der Waals surface area (Å²) in [5, 5.41) is 9.78. The van der Waals surface area contributed by atoms with Gasteiger partial charge in [-0.15, -0.1) is 0 Å². The predicted molar refractivity (Wildman–Crippen MR) is 53.4 cm³/mol. The van der Waals surface area contributed by atoms with Crippen LogP contribution >= 0.6 is 11.6 Å². The van der Waals surface area contributed by atoms with Crippen LogP contribution in [-0.4, -0.2) is 16.5 Å². The molecule has 78 valence electrons. The van der Waals surface area contributed by atoms with Crippen molar-refractivity contribution in [3.63, 3.8) is 0 Å². The molecule has 0 N–H and O–H groups in total. The van der Waals surface area contributed by atoms with Crippen LogP contribution in [0, 0.1) is 17.0 Å². The summed E-state index contributed by atoms with van der Waals surface area (Å²) >= 11 is 5.24. The predicted octanol–water partition coefficient (Wildman–Crippen LogP) is 2.09. The number of rotatable bonds is 3. The van der Waals surface area contributed by atoms with Crippen LogP contribution in [0.5, 0.6) is 0 Å². The summed E-state index contributed by atoms with van der Waals surface area (Å²) in [4.78, 5) is 31.4. The second-order valence-corrected chi connectivity index (χ2v) is 3.20. The third kappa shape index (κ3) is 2.19. The van der Waals surface area contributed by atoms with E-state index in [-0.39, 0.29) is 22.4 Å². The summed E-state index contributed by atoms with van der Waals surface area (Å²) in [6.45, 7) is 1.41. The second-order valence-electron chi connectivity index (χ2n) is 2.86. The molecular weight excluding hydrogens is 222 g/mol. The van der Waals surface area contributed by atoms with E-state index in [0.29, 0.717) is 6.29 Å². The van der Waals surface area contributed by atoms with Crippen molar-refractivity contribution in [1.29, 1.82) is 0 Å². The normalized spacial score (nSPS) is 9.73. The molecule has 0 saturated heterocycles. The highest BCUT2D eigenvalue weighted by Gasteiger charge is 2.18. The SMILES string of the molecule is Cc1c(C(=O)Cl)cc(C=O)cc1[N+](=O)[O-]. The molecule has 0 aromatic heterocycles. The van der Waals surface area contributed by atoms with E-state index < -0.39 is 10.2 Å². The number of nitrogens with zero attached hydrogens (tertiary/aromatic N) is 1. The fourth-order valence-corrected chi connectivity index (χ4v) is 1.38. The summed E-state index contributed by atoms with van der Waals surface area (Å²) in [6.07, 6.45) is 0.426. The van der Waals surface area contributed by atoms with Crippen molar-refractivity contribution in [2.75, 3.05) is 0 Å². The summed E-state index contributed by atoms with van der Waals surface area (Å²) in [7, 11) is 0. The average molecular weight is 228 g/mol. The first-order chi connectivity index (χ1) is 6.97. The third-order valence-corrected chi connectivity index (χ3v) is 2.15. The second kappa shape index (κ2) is 4.18. The van der Waals surface area contributed by atoms with Crippen molar-refractivity contribution in [2.24, 2.45) is 0 Å². The average Bonchev–Trinajstić information content (AvgIpc) is 2.17. The van der Waals surface area contributed by atoms with Crippen molar-refractivity contribution >= 4 is 28.8 Å². The standard InChI is InChI=1S/C9H6ClNO4/c1-5-7(9(10)13)2-6(4-12)3-8(5)11(14)15/h2-4H,1H3. The molecule has 0 bridgehead atoms. The molecule has 1 aromatic carbocycles. The van der Waals surface area contributed by atoms with Gasteiger partial charge in [-0.05, 0) is 24.6 Å². The van der Waals surface area contributed by atoms with E-state index in [9.17, 15) is 19.7 Å². The Morgan fingerprint density at radius 2 is 2.13 bits per heavy atom. The van der Waals surface area contributed by atoms with Crippen LogP contribution in [0.15, 0.2) is 12.1 Å². The number of carbonyl (C=O) groups excluding carboxylic acids is 2. The Hall–Kier alpha value is -1.75. The maximum atomic E-state index is 10.9. The molecule has 1 aromatic rings. The molecule has 0 radical (unpaired) electrons. The number of hydrogen-bond acceptors (Lipinski definition) is 4. The maximum Gasteiger partial charge on any atom is 0.273 e. The summed E-state index contributed by atoms with van der Waals surface area (Å²) < 4.78 is 0. The van der Waals surface area contributed by atoms with Crippen LogP contribution in [-0.2, 0) is 0 Å². The largest absolute Gasteiger partial charge is 0.298 e. The minimum atomic E-state index is -0.820. The number of nitro benzene ring substituents is 1. The zero-order valence-corrected chi connectivity index (χ0v) is 8.45. The molecule has 0 spiro atoms. The molecule has 0 aliphatic carbocycles. The first-order valence-electron chi connectivity index (χ1n) is 3.91. The summed E-state index contributed by atoms with van der Waals surface area (Å²) in [6, 6.07) is 2.33. The van der Waals surface area contributed by atoms with Gasteiger partial charge < -0.3 is 0 Å². The van der Waals surface area contributed by atoms with Crippen molar-refractivity contribution in [2.45, 2.75) is 6.92 Å². The van der Waals surface area contributed by atoms with E-state index in [1.807, 2.05) is 0 Å². The van der Waals surface area contributed by atoms with Crippen molar-refractivity contribution < 1.29 is 14.5 Å². The van der Waals surface area contributed by atoms with Gasteiger partial charge in [-0.3, -0.25) is 19.7 Å². The van der Waals surface area contributed by atoms with Crippen LogP contribution in [0.25, 0.3) is 0 Å². The molecule has 6 heteroatoms. The Morgan fingerprint density at radius 3 is 2.53 bits per heavy atom. The van der Waals surface area contributed by atoms with E-state index in [0.717, 1.165) is 6.07 Å². The first kappa shape index (κ1) is 11.3. The van der Waals surface area contributed by atoms with E-state index in [1.165, 1.54) is 13.0 Å². The Morgan fingerprint density at radius 1 is 1.53 bits per heavy atom. The fourth-order valence-electron chi connectivity index (χ4n) is 1.18. The van der Waals surface area contributed by atoms with Gasteiger partial charge in [0, 0.05) is 22.8 Å². The van der Waals surface area contributed by atoms with Crippen LogP contribution in [0.2, 0.25) is 0 Å². The highest BCUT2D eigenvalue weighted by Crippen LogP contribution is 2.24. The monoisotopic (exact) mass is 227 g/mol. The number of nitro groups is 1. The molecule has 0 aliphatic heterocycles. The van der Waals surface area contributed by atoms with Crippen LogP contribution < -0.4 is 0 Å². The lowest BCUT2D eigenvalue weighted by Gasteiger charge is -2.02. The van der Waals surface area contributed by atoms with Gasteiger partial charge in [-0.2, -0.15) is 0 Å². The number of hydrogen-bond donors (Lipinski definition) is 0. The van der Waals surface area contributed by atoms with E-state index in [1.54, 1.807) is 0 Å². The van der Waals surface area contributed by atoms with Gasteiger partial charge in [0.25, 0.3) is 10.9 Å². The molecular formula is C9H6ClNO4. The van der Waals surface area contributed by atoms with Gasteiger partial charge in [0.2, 0.25) is 0 Å². The zero-order valence-electron chi connectivity index (χ0n) is 7.69. The highest BCUT2D eigenvalue weighted by molar-refractivity contribution is 6.68. The molecule has 5 nitrogen and oxygen atoms in total. The lowest BCUT2D eigenvalue weighted by atomic mass is 10.0. The molecule has 0 aliphatic rings. The number of benzene rings is 1. The van der Waals surface area contributed by atoms with Gasteiger partial charge in [-0.25, -0.2) is 0 Å². The molecule has 0 heterocycles. The Bertz CT molecular complexity index is 420. The van der Waals surface area contributed by atoms with Crippen LogP contribution in [0.1, 0.15) is 26.3 Å². The van der Waals surface area contributed by atoms with E-state index in [2.05, 4.69) is 0 Å². The number of halogens is 1. The number of carbonyl (C=O) groups is 2. The van der Waals surface area contributed by atoms with Crippen molar-refractivity contribution in [3.05, 3.63) is 38.9 Å². The van der Waals surface area contributed by atoms with E-state index in [4.69, 9.17) is 11.6 Å². The molecule has 0 amide bonds. The Kier molecular flexibility index (Phi) is 3.16. The molecule has 0 fully saturated rings. The Balaban J connectivity index is 3.53. The summed E-state index contributed by atoms with van der Waals surface area (Å²) in [5.41, 5.74) is -0.0986. The topological polar surface area (TPSA) is 77.3 Å². The lowest BCUT2D eigenvalue weighted by Crippen LogP contribution is -2.01. The van der Waals surface area contributed by atoms with Crippen LogP contribution in [0.4, 0.5) is 5.69 Å². The van der Waals surface area contributed by atoms with Crippen LogP contribution in [0.3, 0.4) is 0 Å².